The Morgan fingerprint density at radius 3 is 2.93 bits per heavy atom. The van der Waals surface area contributed by atoms with Gasteiger partial charge >= 0.3 is 0 Å². The van der Waals surface area contributed by atoms with Gasteiger partial charge in [-0.3, -0.25) is 4.79 Å². The molecule has 0 aliphatic rings. The van der Waals surface area contributed by atoms with Gasteiger partial charge in [0.25, 0.3) is 0 Å². The Kier molecular flexibility index (Phi) is 5.59. The maximum absolute atomic E-state index is 11.3. The van der Waals surface area contributed by atoms with Crippen LogP contribution in [-0.2, 0) is 10.5 Å². The summed E-state index contributed by atoms with van der Waals surface area (Å²) in [5, 5.41) is 15.8. The van der Waals surface area contributed by atoms with Crippen molar-refractivity contribution in [3.63, 3.8) is 0 Å². The second kappa shape index (κ2) is 8.46. The average molecular weight is 427 g/mol. The van der Waals surface area contributed by atoms with Crippen molar-refractivity contribution in [1.29, 1.82) is 0 Å². The van der Waals surface area contributed by atoms with Crippen molar-refractivity contribution in [3.8, 4) is 17.1 Å². The van der Waals surface area contributed by atoms with E-state index < -0.39 is 0 Å². The van der Waals surface area contributed by atoms with Crippen LogP contribution in [0.25, 0.3) is 17.1 Å². The Labute approximate surface area is 175 Å². The predicted octanol–water partition coefficient (Wildman–Crippen LogP) is 4.22. The summed E-state index contributed by atoms with van der Waals surface area (Å²) in [6.45, 7) is 1.46. The molecule has 0 aliphatic carbocycles. The molecule has 0 atom stereocenters. The fourth-order valence-corrected chi connectivity index (χ4v) is 3.57. The topological polar surface area (TPSA) is 98.7 Å². The molecule has 2 aromatic carbocycles. The zero-order chi connectivity index (χ0) is 20.2. The molecule has 4 aromatic rings. The quantitative estimate of drug-likeness (QED) is 0.461. The van der Waals surface area contributed by atoms with Crippen LogP contribution in [0, 0.1) is 0 Å². The van der Waals surface area contributed by atoms with Gasteiger partial charge in [0.15, 0.2) is 0 Å². The van der Waals surface area contributed by atoms with Crippen molar-refractivity contribution in [3.05, 3.63) is 65.5 Å². The van der Waals surface area contributed by atoms with Gasteiger partial charge in [0, 0.05) is 29.0 Å². The number of hydrogen-bond acceptors (Lipinski definition) is 7. The van der Waals surface area contributed by atoms with Crippen LogP contribution in [0.4, 0.5) is 5.69 Å². The van der Waals surface area contributed by atoms with E-state index in [-0.39, 0.29) is 5.91 Å². The Morgan fingerprint density at radius 2 is 2.10 bits per heavy atom. The number of carbonyl (C=O) groups excluding carboxylic acids is 1. The second-order valence-electron chi connectivity index (χ2n) is 6.05. The van der Waals surface area contributed by atoms with Gasteiger partial charge in [0.1, 0.15) is 6.26 Å². The summed E-state index contributed by atoms with van der Waals surface area (Å²) in [6, 6.07) is 14.6. The number of halogens is 1. The highest BCUT2D eigenvalue weighted by Crippen LogP contribution is 2.26. The molecule has 0 aliphatic heterocycles. The van der Waals surface area contributed by atoms with Gasteiger partial charge in [-0.2, -0.15) is 4.68 Å². The molecule has 0 spiro atoms. The number of anilines is 1. The van der Waals surface area contributed by atoms with Crippen LogP contribution < -0.4 is 5.32 Å². The number of aromatic nitrogens is 5. The van der Waals surface area contributed by atoms with Crippen molar-refractivity contribution in [2.45, 2.75) is 17.8 Å². The smallest absolute Gasteiger partial charge is 0.226 e. The highest BCUT2D eigenvalue weighted by Gasteiger charge is 2.13. The lowest BCUT2D eigenvalue weighted by atomic mass is 10.2. The minimum absolute atomic E-state index is 0.144. The molecule has 29 heavy (non-hydrogen) atoms. The van der Waals surface area contributed by atoms with E-state index in [9.17, 15) is 4.79 Å². The number of nitrogens with zero attached hydrogens (tertiary/aromatic N) is 5. The normalized spacial score (nSPS) is 10.8. The summed E-state index contributed by atoms with van der Waals surface area (Å²) in [7, 11) is 0. The van der Waals surface area contributed by atoms with Crippen LogP contribution in [0.1, 0.15) is 12.6 Å². The Balaban J connectivity index is 1.49. The van der Waals surface area contributed by atoms with E-state index in [1.54, 1.807) is 35.2 Å². The highest BCUT2D eigenvalue weighted by molar-refractivity contribution is 7.98. The molecule has 10 heteroatoms. The third-order valence-corrected chi connectivity index (χ3v) is 5.01. The van der Waals surface area contributed by atoms with Crippen LogP contribution in [0.5, 0.6) is 0 Å². The molecule has 4 rings (SSSR count). The SMILES string of the molecule is CC(=O)Nc1cccc(-n2nnnc2SCc2coc(-c3cccc(Cl)c3)n2)c1. The minimum atomic E-state index is -0.144. The second-order valence-corrected chi connectivity index (χ2v) is 7.43. The van der Waals surface area contributed by atoms with Gasteiger partial charge in [0.05, 0.1) is 11.4 Å². The number of amides is 1. The Hall–Kier alpha value is -3.17. The molecular formula is C19H15ClN6O2S. The van der Waals surface area contributed by atoms with Crippen molar-refractivity contribution in [2.24, 2.45) is 0 Å². The van der Waals surface area contributed by atoms with Crippen molar-refractivity contribution < 1.29 is 9.21 Å². The first-order valence-corrected chi connectivity index (χ1v) is 9.94. The molecule has 1 amide bonds. The maximum atomic E-state index is 11.3. The molecule has 2 aromatic heterocycles. The van der Waals surface area contributed by atoms with E-state index in [0.29, 0.717) is 27.5 Å². The number of rotatable bonds is 6. The van der Waals surface area contributed by atoms with E-state index in [1.165, 1.54) is 18.7 Å². The van der Waals surface area contributed by atoms with Gasteiger partial charge < -0.3 is 9.73 Å². The van der Waals surface area contributed by atoms with Crippen LogP contribution in [0.3, 0.4) is 0 Å². The lowest BCUT2D eigenvalue weighted by Gasteiger charge is -2.06. The number of benzene rings is 2. The summed E-state index contributed by atoms with van der Waals surface area (Å²) in [6.07, 6.45) is 1.61. The first kappa shape index (κ1) is 19.2. The zero-order valence-corrected chi connectivity index (χ0v) is 16.8. The largest absolute Gasteiger partial charge is 0.444 e. The Morgan fingerprint density at radius 1 is 1.24 bits per heavy atom. The van der Waals surface area contributed by atoms with E-state index in [4.69, 9.17) is 16.0 Å². The minimum Gasteiger partial charge on any atom is -0.444 e. The standard InChI is InChI=1S/C19H15ClN6O2S/c1-12(27)21-15-6-3-7-17(9-15)26-19(23-24-25-26)29-11-16-10-28-18(22-16)13-4-2-5-14(20)8-13/h2-10H,11H2,1H3,(H,21,27). The summed E-state index contributed by atoms with van der Waals surface area (Å²) >= 11 is 7.45. The van der Waals surface area contributed by atoms with E-state index in [1.807, 2.05) is 24.3 Å². The molecule has 2 heterocycles. The molecule has 0 unspecified atom stereocenters. The van der Waals surface area contributed by atoms with Gasteiger partial charge in [0.2, 0.25) is 17.0 Å². The number of thioether (sulfide) groups is 1. The maximum Gasteiger partial charge on any atom is 0.226 e. The fraction of sp³-hybridized carbons (Fsp3) is 0.105. The monoisotopic (exact) mass is 426 g/mol. The molecule has 0 fully saturated rings. The first-order chi connectivity index (χ1) is 14.1. The molecule has 146 valence electrons. The molecule has 1 N–H and O–H groups in total. The first-order valence-electron chi connectivity index (χ1n) is 8.58. The van der Waals surface area contributed by atoms with Crippen LogP contribution in [0.2, 0.25) is 5.02 Å². The van der Waals surface area contributed by atoms with Crippen molar-refractivity contribution in [1.82, 2.24) is 25.2 Å². The zero-order valence-electron chi connectivity index (χ0n) is 15.2. The fourth-order valence-electron chi connectivity index (χ4n) is 2.62. The summed E-state index contributed by atoms with van der Waals surface area (Å²) in [5.41, 5.74) is 2.98. The van der Waals surface area contributed by atoms with Crippen molar-refractivity contribution in [2.75, 3.05) is 5.32 Å². The summed E-state index contributed by atoms with van der Waals surface area (Å²) < 4.78 is 7.17. The van der Waals surface area contributed by atoms with Gasteiger partial charge in [-0.25, -0.2) is 4.98 Å². The highest BCUT2D eigenvalue weighted by atomic mass is 35.5. The number of hydrogen-bond donors (Lipinski definition) is 1. The van der Waals surface area contributed by atoms with E-state index in [0.717, 1.165) is 16.9 Å². The molecule has 0 saturated carbocycles. The Bertz CT molecular complexity index is 1160. The molecule has 0 radical (unpaired) electrons. The third-order valence-electron chi connectivity index (χ3n) is 3.82. The molecular weight excluding hydrogens is 412 g/mol. The van der Waals surface area contributed by atoms with Crippen LogP contribution >= 0.6 is 23.4 Å². The lowest BCUT2D eigenvalue weighted by molar-refractivity contribution is -0.114. The van der Waals surface area contributed by atoms with E-state index >= 15 is 0 Å². The lowest BCUT2D eigenvalue weighted by Crippen LogP contribution is -2.07. The van der Waals surface area contributed by atoms with Gasteiger partial charge in [-0.15, -0.1) is 5.10 Å². The molecule has 0 bridgehead atoms. The van der Waals surface area contributed by atoms with Crippen LogP contribution in [-0.4, -0.2) is 31.1 Å². The average Bonchev–Trinajstić information content (AvgIpc) is 3.35. The van der Waals surface area contributed by atoms with Gasteiger partial charge in [-0.1, -0.05) is 35.5 Å². The van der Waals surface area contributed by atoms with Gasteiger partial charge in [-0.05, 0) is 46.8 Å². The molecule has 0 saturated heterocycles. The summed E-state index contributed by atoms with van der Waals surface area (Å²) in [5.74, 6) is 0.885. The summed E-state index contributed by atoms with van der Waals surface area (Å²) in [4.78, 5) is 15.8. The number of carbonyl (C=O) groups is 1. The number of nitrogens with one attached hydrogen (secondary N) is 1. The number of oxazole rings is 1. The van der Waals surface area contributed by atoms with Crippen LogP contribution in [0.15, 0.2) is 64.4 Å². The van der Waals surface area contributed by atoms with Crippen molar-refractivity contribution >= 4 is 35.0 Å². The van der Waals surface area contributed by atoms with E-state index in [2.05, 4.69) is 25.8 Å². The third kappa shape index (κ3) is 4.64. The number of tetrazole rings is 1. The predicted molar refractivity (Wildman–Crippen MR) is 110 cm³/mol. The molecule has 8 nitrogen and oxygen atoms in total.